The SMILES string of the molecule is CC(C)(CO)COC(C)(C)C(NC(=O)OC(C)(C)C)C(=O)O. The highest BCUT2D eigenvalue weighted by atomic mass is 16.6. The monoisotopic (exact) mass is 319 g/mol. The summed E-state index contributed by atoms with van der Waals surface area (Å²) < 4.78 is 10.7. The van der Waals surface area contributed by atoms with E-state index in [9.17, 15) is 19.8 Å². The highest BCUT2D eigenvalue weighted by Crippen LogP contribution is 2.22. The summed E-state index contributed by atoms with van der Waals surface area (Å²) in [6.07, 6.45) is -0.821. The first-order valence-electron chi connectivity index (χ1n) is 7.17. The standard InChI is InChI=1S/C15H29NO6/c1-13(2,3)22-12(20)16-10(11(18)19)15(6,7)21-9-14(4,5)8-17/h10,17H,8-9H2,1-7H3,(H,16,20)(H,18,19). The number of aliphatic carboxylic acids is 1. The second kappa shape index (κ2) is 7.28. The fourth-order valence-corrected chi connectivity index (χ4v) is 1.47. The molecule has 7 nitrogen and oxygen atoms in total. The molecule has 0 aliphatic rings. The second-order valence-electron chi connectivity index (χ2n) is 7.63. The number of hydrogen-bond donors (Lipinski definition) is 3. The van der Waals surface area contributed by atoms with Crippen molar-refractivity contribution in [1.82, 2.24) is 5.32 Å². The minimum Gasteiger partial charge on any atom is -0.480 e. The van der Waals surface area contributed by atoms with Crippen molar-refractivity contribution in [3.8, 4) is 0 Å². The smallest absolute Gasteiger partial charge is 0.408 e. The number of hydrogen-bond acceptors (Lipinski definition) is 5. The van der Waals surface area contributed by atoms with Crippen LogP contribution in [0.2, 0.25) is 0 Å². The molecule has 0 aliphatic carbocycles. The lowest BCUT2D eigenvalue weighted by Gasteiger charge is -2.35. The van der Waals surface area contributed by atoms with Crippen molar-refractivity contribution in [3.05, 3.63) is 0 Å². The number of alkyl carbamates (subject to hydrolysis) is 1. The van der Waals surface area contributed by atoms with Crippen LogP contribution in [0.5, 0.6) is 0 Å². The van der Waals surface area contributed by atoms with Gasteiger partial charge < -0.3 is 25.0 Å². The van der Waals surface area contributed by atoms with Crippen molar-refractivity contribution in [2.75, 3.05) is 13.2 Å². The molecule has 3 N–H and O–H groups in total. The highest BCUT2D eigenvalue weighted by molar-refractivity contribution is 5.81. The van der Waals surface area contributed by atoms with Crippen molar-refractivity contribution in [3.63, 3.8) is 0 Å². The van der Waals surface area contributed by atoms with Crippen LogP contribution in [0.1, 0.15) is 48.5 Å². The van der Waals surface area contributed by atoms with Gasteiger partial charge in [0.1, 0.15) is 5.60 Å². The lowest BCUT2D eigenvalue weighted by Crippen LogP contribution is -2.56. The number of carboxylic acid groups (broad SMARTS) is 1. The zero-order valence-corrected chi connectivity index (χ0v) is 14.5. The van der Waals surface area contributed by atoms with Gasteiger partial charge in [0.2, 0.25) is 0 Å². The van der Waals surface area contributed by atoms with Crippen LogP contribution in [0.3, 0.4) is 0 Å². The first-order valence-corrected chi connectivity index (χ1v) is 7.17. The molecule has 0 saturated heterocycles. The number of carbonyl (C=O) groups is 2. The average Bonchev–Trinajstić information content (AvgIpc) is 2.31. The van der Waals surface area contributed by atoms with E-state index in [2.05, 4.69) is 5.32 Å². The Labute approximate surface area is 132 Å². The molecule has 0 rings (SSSR count). The quantitative estimate of drug-likeness (QED) is 0.660. The van der Waals surface area contributed by atoms with E-state index in [0.717, 1.165) is 0 Å². The van der Waals surface area contributed by atoms with Gasteiger partial charge in [-0.15, -0.1) is 0 Å². The van der Waals surface area contributed by atoms with Crippen molar-refractivity contribution in [2.45, 2.75) is 65.7 Å². The van der Waals surface area contributed by atoms with E-state index >= 15 is 0 Å². The second-order valence-corrected chi connectivity index (χ2v) is 7.63. The molecule has 0 spiro atoms. The Morgan fingerprint density at radius 3 is 1.95 bits per heavy atom. The predicted octanol–water partition coefficient (Wildman–Crippen LogP) is 1.78. The van der Waals surface area contributed by atoms with Gasteiger partial charge in [-0.25, -0.2) is 9.59 Å². The molecule has 0 heterocycles. The van der Waals surface area contributed by atoms with Gasteiger partial charge in [-0.1, -0.05) is 13.8 Å². The van der Waals surface area contributed by atoms with E-state index in [1.54, 1.807) is 48.5 Å². The van der Waals surface area contributed by atoms with Crippen LogP contribution >= 0.6 is 0 Å². The van der Waals surface area contributed by atoms with Crippen LogP contribution in [0.15, 0.2) is 0 Å². The largest absolute Gasteiger partial charge is 0.480 e. The Bertz CT molecular complexity index is 397. The molecule has 1 atom stereocenters. The molecule has 0 aromatic carbocycles. The molecule has 1 unspecified atom stereocenters. The molecule has 0 radical (unpaired) electrons. The predicted molar refractivity (Wildman–Crippen MR) is 81.7 cm³/mol. The molecule has 22 heavy (non-hydrogen) atoms. The molecule has 0 aromatic rings. The molecule has 7 heteroatoms. The fraction of sp³-hybridized carbons (Fsp3) is 0.867. The number of amides is 1. The first-order chi connectivity index (χ1) is 9.70. The molecule has 130 valence electrons. The van der Waals surface area contributed by atoms with Crippen LogP contribution in [-0.2, 0) is 14.3 Å². The normalized spacial score (nSPS) is 14.4. The summed E-state index contributed by atoms with van der Waals surface area (Å²) in [5, 5.41) is 20.9. The van der Waals surface area contributed by atoms with E-state index in [-0.39, 0.29) is 13.2 Å². The van der Waals surface area contributed by atoms with Crippen LogP contribution in [-0.4, -0.2) is 52.7 Å². The Balaban J connectivity index is 4.92. The van der Waals surface area contributed by atoms with Crippen molar-refractivity contribution in [1.29, 1.82) is 0 Å². The van der Waals surface area contributed by atoms with Crippen LogP contribution in [0.4, 0.5) is 4.79 Å². The van der Waals surface area contributed by atoms with Gasteiger partial charge in [-0.05, 0) is 34.6 Å². The van der Waals surface area contributed by atoms with Gasteiger partial charge in [0, 0.05) is 5.41 Å². The van der Waals surface area contributed by atoms with E-state index in [1.807, 2.05) is 0 Å². The minimum absolute atomic E-state index is 0.0969. The highest BCUT2D eigenvalue weighted by Gasteiger charge is 2.39. The summed E-state index contributed by atoms with van der Waals surface area (Å²) in [5.41, 5.74) is -2.40. The van der Waals surface area contributed by atoms with Gasteiger partial charge in [0.25, 0.3) is 0 Å². The fourth-order valence-electron chi connectivity index (χ4n) is 1.47. The number of nitrogens with one attached hydrogen (secondary N) is 1. The topological polar surface area (TPSA) is 105 Å². The van der Waals surface area contributed by atoms with Gasteiger partial charge in [0.05, 0.1) is 18.8 Å². The number of ether oxygens (including phenoxy) is 2. The summed E-state index contributed by atoms with van der Waals surface area (Å²) in [4.78, 5) is 23.2. The zero-order chi connectivity index (χ0) is 17.8. The van der Waals surface area contributed by atoms with Crippen molar-refractivity contribution in [2.24, 2.45) is 5.41 Å². The van der Waals surface area contributed by atoms with Gasteiger partial charge in [-0.2, -0.15) is 0 Å². The van der Waals surface area contributed by atoms with E-state index < -0.39 is 34.7 Å². The van der Waals surface area contributed by atoms with Gasteiger partial charge >= 0.3 is 12.1 Å². The third-order valence-electron chi connectivity index (χ3n) is 2.87. The molecule has 0 bridgehead atoms. The maximum Gasteiger partial charge on any atom is 0.408 e. The third-order valence-corrected chi connectivity index (χ3v) is 2.87. The number of aliphatic hydroxyl groups excluding tert-OH is 1. The number of carbonyl (C=O) groups excluding carboxylic acids is 1. The average molecular weight is 319 g/mol. The molecular weight excluding hydrogens is 290 g/mol. The van der Waals surface area contributed by atoms with Crippen molar-refractivity contribution < 1.29 is 29.3 Å². The van der Waals surface area contributed by atoms with E-state index in [4.69, 9.17) is 9.47 Å². The van der Waals surface area contributed by atoms with Gasteiger partial charge in [-0.3, -0.25) is 0 Å². The first kappa shape index (κ1) is 20.7. The maximum absolute atomic E-state index is 11.8. The van der Waals surface area contributed by atoms with Crippen LogP contribution < -0.4 is 5.32 Å². The molecule has 0 fully saturated rings. The molecule has 0 saturated carbocycles. The lowest BCUT2D eigenvalue weighted by molar-refractivity contribution is -0.152. The number of rotatable bonds is 7. The zero-order valence-electron chi connectivity index (χ0n) is 14.5. The molecule has 1 amide bonds. The summed E-state index contributed by atoms with van der Waals surface area (Å²) in [6, 6.07) is -1.28. The Morgan fingerprint density at radius 1 is 1.09 bits per heavy atom. The number of carboxylic acids is 1. The van der Waals surface area contributed by atoms with E-state index in [0.29, 0.717) is 0 Å². The Morgan fingerprint density at radius 2 is 1.59 bits per heavy atom. The molecular formula is C15H29NO6. The summed E-state index contributed by atoms with van der Waals surface area (Å²) in [6.45, 7) is 11.8. The Kier molecular flexibility index (Phi) is 6.84. The Hall–Kier alpha value is -1.34. The summed E-state index contributed by atoms with van der Waals surface area (Å²) >= 11 is 0. The van der Waals surface area contributed by atoms with Crippen molar-refractivity contribution >= 4 is 12.1 Å². The lowest BCUT2D eigenvalue weighted by atomic mass is 9.94. The van der Waals surface area contributed by atoms with E-state index in [1.165, 1.54) is 0 Å². The van der Waals surface area contributed by atoms with Crippen LogP contribution in [0.25, 0.3) is 0 Å². The van der Waals surface area contributed by atoms with Gasteiger partial charge in [0.15, 0.2) is 6.04 Å². The summed E-state index contributed by atoms with van der Waals surface area (Å²) in [5.74, 6) is -1.22. The summed E-state index contributed by atoms with van der Waals surface area (Å²) in [7, 11) is 0. The number of aliphatic hydroxyl groups is 1. The maximum atomic E-state index is 11.8. The third kappa shape index (κ3) is 7.61. The molecule has 0 aliphatic heterocycles. The van der Waals surface area contributed by atoms with Crippen LogP contribution in [0, 0.1) is 5.41 Å². The minimum atomic E-state index is -1.28. The molecule has 0 aromatic heterocycles.